The fraction of sp³-hybridized carbons (Fsp3) is 0.909. The monoisotopic (exact) mass is 375 g/mol. The smallest absolute Gasteiger partial charge is 0.139 e. The van der Waals surface area contributed by atoms with Gasteiger partial charge in [-0.25, -0.2) is 0 Å². The molecule has 7 atom stereocenters. The lowest BCUT2D eigenvalue weighted by Gasteiger charge is -2.60. The molecule has 0 aliphatic heterocycles. The van der Waals surface area contributed by atoms with Gasteiger partial charge in [-0.15, -0.1) is 0 Å². The average Bonchev–Trinajstić information content (AvgIpc) is 2.96. The number of fused-ring (bicyclic) bond motifs is 5. The van der Waals surface area contributed by atoms with Gasteiger partial charge in [0.2, 0.25) is 0 Å². The summed E-state index contributed by atoms with van der Waals surface area (Å²) in [5, 5.41) is 17.4. The first-order chi connectivity index (χ1) is 12.9. The van der Waals surface area contributed by atoms with Crippen LogP contribution in [0.2, 0.25) is 0 Å². The second-order valence-corrected chi connectivity index (χ2v) is 10.2. The number of rotatable bonds is 4. The third-order valence-corrected chi connectivity index (χ3v) is 9.13. The molecule has 4 saturated carbocycles. The van der Waals surface area contributed by atoms with Gasteiger partial charge in [-0.05, 0) is 87.6 Å². The Labute approximate surface area is 163 Å². The lowest BCUT2D eigenvalue weighted by molar-refractivity contribution is -0.133. The number of nitrogens with one attached hydrogen (secondary N) is 1. The van der Waals surface area contributed by atoms with Gasteiger partial charge in [-0.1, -0.05) is 19.0 Å². The Kier molecular flexibility index (Phi) is 5.13. The Morgan fingerprint density at radius 1 is 1.22 bits per heavy atom. The second kappa shape index (κ2) is 7.14. The number of nitrogens with two attached hydrogens (primary N) is 1. The zero-order valence-corrected chi connectivity index (χ0v) is 17.0. The molecule has 0 amide bonds. The van der Waals surface area contributed by atoms with Crippen molar-refractivity contribution in [1.82, 2.24) is 5.32 Å². The topological polar surface area (TPSA) is 87.7 Å². The van der Waals surface area contributed by atoms with E-state index in [0.29, 0.717) is 35.5 Å². The summed E-state index contributed by atoms with van der Waals surface area (Å²) in [6.45, 7) is 6.37. The molecule has 4 aliphatic rings. The van der Waals surface area contributed by atoms with Gasteiger partial charge < -0.3 is 16.3 Å². The molecule has 0 bridgehead atoms. The minimum atomic E-state index is -0.119. The zero-order chi connectivity index (χ0) is 19.2. The van der Waals surface area contributed by atoms with Crippen LogP contribution in [0.4, 0.5) is 0 Å². The standard InChI is InChI=1S/C22H37N3O2/c1-21-8-6-14(24-11-3-10-23)12-18(21)19(25-27)13-15-16-4-5-20(26)22(16,2)9-7-17(15)21/h14-18,24,27H,3-13,23H2,1-2H3/b25-19-/t14?,15-,16-,17+,18?,21+,22-/m0/s1. The van der Waals surface area contributed by atoms with E-state index < -0.39 is 0 Å². The van der Waals surface area contributed by atoms with Crippen LogP contribution < -0.4 is 11.1 Å². The molecule has 0 aromatic carbocycles. The largest absolute Gasteiger partial charge is 0.411 e. The fourth-order valence-electron chi connectivity index (χ4n) is 7.54. The Morgan fingerprint density at radius 3 is 2.78 bits per heavy atom. The van der Waals surface area contributed by atoms with Crippen molar-refractivity contribution in [3.05, 3.63) is 0 Å². The number of hydrogen-bond donors (Lipinski definition) is 3. The highest BCUT2D eigenvalue weighted by molar-refractivity contribution is 5.90. The van der Waals surface area contributed by atoms with Crippen LogP contribution in [-0.4, -0.2) is 35.8 Å². The SMILES string of the molecule is C[C@]12CCC(NCCCN)CC1/C(=N\O)C[C@@H]1[C@H]2CC[C@]2(C)C(=O)CC[C@@H]12. The van der Waals surface area contributed by atoms with Crippen molar-refractivity contribution in [2.75, 3.05) is 13.1 Å². The number of nitrogens with zero attached hydrogens (tertiary/aromatic N) is 1. The number of hydrogen-bond acceptors (Lipinski definition) is 5. The second-order valence-electron chi connectivity index (χ2n) is 10.2. The minimum Gasteiger partial charge on any atom is -0.411 e. The van der Waals surface area contributed by atoms with Gasteiger partial charge >= 0.3 is 0 Å². The molecule has 0 aromatic rings. The molecule has 27 heavy (non-hydrogen) atoms. The third-order valence-electron chi connectivity index (χ3n) is 9.13. The molecule has 4 rings (SSSR count). The van der Waals surface area contributed by atoms with Crippen LogP contribution in [0.3, 0.4) is 0 Å². The van der Waals surface area contributed by atoms with Crippen LogP contribution in [0.5, 0.6) is 0 Å². The maximum absolute atomic E-state index is 12.6. The highest BCUT2D eigenvalue weighted by Gasteiger charge is 2.61. The van der Waals surface area contributed by atoms with Crippen LogP contribution in [0, 0.1) is 34.5 Å². The molecule has 4 N–H and O–H groups in total. The predicted octanol–water partition coefficient (Wildman–Crippen LogP) is 3.35. The van der Waals surface area contributed by atoms with E-state index in [9.17, 15) is 10.0 Å². The van der Waals surface area contributed by atoms with Crippen molar-refractivity contribution >= 4 is 11.5 Å². The number of ketones is 1. The highest BCUT2D eigenvalue weighted by atomic mass is 16.4. The van der Waals surface area contributed by atoms with Crippen LogP contribution in [0.25, 0.3) is 0 Å². The molecule has 4 aliphatic carbocycles. The van der Waals surface area contributed by atoms with Gasteiger partial charge in [0, 0.05) is 23.8 Å². The van der Waals surface area contributed by atoms with E-state index in [2.05, 4.69) is 24.3 Å². The number of carbonyl (C=O) groups is 1. The summed E-state index contributed by atoms with van der Waals surface area (Å²) in [5.41, 5.74) is 6.73. The summed E-state index contributed by atoms with van der Waals surface area (Å²) >= 11 is 0. The molecule has 0 radical (unpaired) electrons. The van der Waals surface area contributed by atoms with Crippen LogP contribution in [0.15, 0.2) is 5.16 Å². The molecule has 152 valence electrons. The van der Waals surface area contributed by atoms with Crippen LogP contribution >= 0.6 is 0 Å². The van der Waals surface area contributed by atoms with Gasteiger partial charge in [0.1, 0.15) is 5.78 Å². The fourth-order valence-corrected chi connectivity index (χ4v) is 7.54. The van der Waals surface area contributed by atoms with E-state index in [4.69, 9.17) is 5.73 Å². The Bertz CT molecular complexity index is 621. The van der Waals surface area contributed by atoms with Gasteiger partial charge in [0.15, 0.2) is 0 Å². The van der Waals surface area contributed by atoms with Crippen molar-refractivity contribution in [3.63, 3.8) is 0 Å². The summed E-state index contributed by atoms with van der Waals surface area (Å²) in [5.74, 6) is 2.52. The van der Waals surface area contributed by atoms with Crippen LogP contribution in [0.1, 0.15) is 71.6 Å². The third kappa shape index (κ3) is 2.96. The summed E-state index contributed by atoms with van der Waals surface area (Å²) in [6, 6.07) is 0.504. The maximum Gasteiger partial charge on any atom is 0.139 e. The molecule has 5 nitrogen and oxygen atoms in total. The summed E-state index contributed by atoms with van der Waals surface area (Å²) < 4.78 is 0. The molecule has 5 heteroatoms. The van der Waals surface area contributed by atoms with E-state index in [1.54, 1.807) is 0 Å². The molecular weight excluding hydrogens is 338 g/mol. The Hall–Kier alpha value is -0.940. The van der Waals surface area contributed by atoms with Crippen molar-refractivity contribution in [2.45, 2.75) is 77.7 Å². The highest BCUT2D eigenvalue weighted by Crippen LogP contribution is 2.64. The number of carbonyl (C=O) groups excluding carboxylic acids is 1. The van der Waals surface area contributed by atoms with Crippen molar-refractivity contribution in [2.24, 2.45) is 45.4 Å². The summed E-state index contributed by atoms with van der Waals surface area (Å²) in [6.07, 6.45) is 9.38. The summed E-state index contributed by atoms with van der Waals surface area (Å²) in [4.78, 5) is 12.6. The maximum atomic E-state index is 12.6. The van der Waals surface area contributed by atoms with Crippen LogP contribution in [-0.2, 0) is 4.79 Å². The van der Waals surface area contributed by atoms with Gasteiger partial charge in [-0.3, -0.25) is 4.79 Å². The lowest BCUT2D eigenvalue weighted by Crippen LogP contribution is -2.58. The number of Topliss-reactive ketones (excluding diaryl/α,β-unsaturated/α-hetero) is 1. The molecule has 2 unspecified atom stereocenters. The van der Waals surface area contributed by atoms with E-state index in [0.717, 1.165) is 57.3 Å². The van der Waals surface area contributed by atoms with Gasteiger partial charge in [0.05, 0.1) is 5.71 Å². The molecule has 0 heterocycles. The van der Waals surface area contributed by atoms with Crippen molar-refractivity contribution < 1.29 is 10.0 Å². The predicted molar refractivity (Wildman–Crippen MR) is 107 cm³/mol. The van der Waals surface area contributed by atoms with Crippen molar-refractivity contribution in [3.8, 4) is 0 Å². The first-order valence-corrected chi connectivity index (χ1v) is 11.1. The van der Waals surface area contributed by atoms with Gasteiger partial charge in [0.25, 0.3) is 0 Å². The Morgan fingerprint density at radius 2 is 2.04 bits per heavy atom. The first-order valence-electron chi connectivity index (χ1n) is 11.1. The quantitative estimate of drug-likeness (QED) is 0.399. The van der Waals surface area contributed by atoms with E-state index in [1.165, 1.54) is 19.3 Å². The van der Waals surface area contributed by atoms with Crippen molar-refractivity contribution in [1.29, 1.82) is 0 Å². The molecule has 0 aromatic heterocycles. The molecule has 4 fully saturated rings. The normalized spacial score (nSPS) is 48.2. The molecule has 0 saturated heterocycles. The minimum absolute atomic E-state index is 0.119. The zero-order valence-electron chi connectivity index (χ0n) is 17.0. The van der Waals surface area contributed by atoms with Gasteiger partial charge in [-0.2, -0.15) is 0 Å². The summed E-state index contributed by atoms with van der Waals surface area (Å²) in [7, 11) is 0. The van der Waals surface area contributed by atoms with E-state index in [-0.39, 0.29) is 10.8 Å². The number of oxime groups is 1. The first kappa shape index (κ1) is 19.4. The Balaban J connectivity index is 1.57. The average molecular weight is 376 g/mol. The van der Waals surface area contributed by atoms with E-state index >= 15 is 0 Å². The molecular formula is C22H37N3O2. The lowest BCUT2D eigenvalue weighted by atomic mass is 9.44. The van der Waals surface area contributed by atoms with E-state index in [1.807, 2.05) is 0 Å². The molecule has 0 spiro atoms.